The fourth-order valence-corrected chi connectivity index (χ4v) is 2.40. The zero-order valence-electron chi connectivity index (χ0n) is 10.3. The molecule has 5 heteroatoms. The van der Waals surface area contributed by atoms with Crippen molar-refractivity contribution in [1.82, 2.24) is 15.5 Å². The number of nitrogen functional groups attached to an aromatic ring is 1. The standard InChI is InChI=1S/C13H18N4O/c14-10-11(8-6-7-8)16-17-12(10)13(18)15-9-4-2-1-3-5-9/h1-2,8-9H,3-7,14H2,(H,15,18)(H,16,17). The van der Waals surface area contributed by atoms with Crippen LogP contribution in [0.3, 0.4) is 0 Å². The predicted octanol–water partition coefficient (Wildman–Crippen LogP) is 1.71. The summed E-state index contributed by atoms with van der Waals surface area (Å²) in [6, 6.07) is 0.211. The van der Waals surface area contributed by atoms with Crippen molar-refractivity contribution in [2.75, 3.05) is 5.73 Å². The molecule has 0 bridgehead atoms. The maximum absolute atomic E-state index is 12.1. The van der Waals surface area contributed by atoms with Crippen molar-refractivity contribution in [3.05, 3.63) is 23.5 Å². The van der Waals surface area contributed by atoms with E-state index in [1.165, 1.54) is 0 Å². The van der Waals surface area contributed by atoms with Gasteiger partial charge in [-0.15, -0.1) is 0 Å². The Morgan fingerprint density at radius 3 is 2.89 bits per heavy atom. The second-order valence-electron chi connectivity index (χ2n) is 5.13. The summed E-state index contributed by atoms with van der Waals surface area (Å²) in [4.78, 5) is 12.1. The Bertz CT molecular complexity index is 487. The largest absolute Gasteiger partial charge is 0.395 e. The maximum Gasteiger partial charge on any atom is 0.274 e. The number of carbonyl (C=O) groups is 1. The normalized spacial score (nSPS) is 23.0. The fraction of sp³-hybridized carbons (Fsp3) is 0.538. The minimum atomic E-state index is -0.157. The molecule has 1 heterocycles. The quantitative estimate of drug-likeness (QED) is 0.710. The number of amides is 1. The Morgan fingerprint density at radius 2 is 2.22 bits per heavy atom. The van der Waals surface area contributed by atoms with Gasteiger partial charge < -0.3 is 11.1 Å². The molecule has 1 atom stereocenters. The molecule has 1 fully saturated rings. The van der Waals surface area contributed by atoms with Gasteiger partial charge in [0.15, 0.2) is 5.69 Å². The third kappa shape index (κ3) is 2.12. The molecule has 0 spiro atoms. The number of rotatable bonds is 3. The second kappa shape index (κ2) is 4.48. The van der Waals surface area contributed by atoms with Crippen LogP contribution in [0.2, 0.25) is 0 Å². The minimum Gasteiger partial charge on any atom is -0.395 e. The van der Waals surface area contributed by atoms with Gasteiger partial charge in [-0.2, -0.15) is 5.10 Å². The first-order chi connectivity index (χ1) is 8.75. The molecule has 1 amide bonds. The van der Waals surface area contributed by atoms with Crippen LogP contribution in [0.5, 0.6) is 0 Å². The predicted molar refractivity (Wildman–Crippen MR) is 69.2 cm³/mol. The van der Waals surface area contributed by atoms with Crippen LogP contribution in [0.4, 0.5) is 5.69 Å². The Kier molecular flexibility index (Phi) is 2.81. The highest BCUT2D eigenvalue weighted by Crippen LogP contribution is 2.42. The van der Waals surface area contributed by atoms with Gasteiger partial charge in [0.1, 0.15) is 0 Å². The number of nitrogens with two attached hydrogens (primary N) is 1. The van der Waals surface area contributed by atoms with Gasteiger partial charge in [-0.3, -0.25) is 9.89 Å². The van der Waals surface area contributed by atoms with E-state index >= 15 is 0 Å². The van der Waals surface area contributed by atoms with Gasteiger partial charge in [-0.1, -0.05) is 12.2 Å². The summed E-state index contributed by atoms with van der Waals surface area (Å²) in [5.41, 5.74) is 7.80. The average molecular weight is 246 g/mol. The van der Waals surface area contributed by atoms with Crippen molar-refractivity contribution < 1.29 is 4.79 Å². The van der Waals surface area contributed by atoms with Crippen LogP contribution in [0.1, 0.15) is 54.2 Å². The molecule has 4 N–H and O–H groups in total. The molecule has 1 aromatic rings. The minimum absolute atomic E-state index is 0.157. The lowest BCUT2D eigenvalue weighted by atomic mass is 10.0. The highest BCUT2D eigenvalue weighted by molar-refractivity contribution is 5.97. The van der Waals surface area contributed by atoms with Crippen molar-refractivity contribution in [1.29, 1.82) is 0 Å². The summed E-state index contributed by atoms with van der Waals surface area (Å²) in [6.07, 6.45) is 9.44. The zero-order chi connectivity index (χ0) is 12.5. The summed E-state index contributed by atoms with van der Waals surface area (Å²) in [5.74, 6) is 0.326. The lowest BCUT2D eigenvalue weighted by Gasteiger charge is -2.18. The smallest absolute Gasteiger partial charge is 0.274 e. The van der Waals surface area contributed by atoms with Gasteiger partial charge in [0.25, 0.3) is 5.91 Å². The summed E-state index contributed by atoms with van der Waals surface area (Å²) in [6.45, 7) is 0. The van der Waals surface area contributed by atoms with E-state index in [0.717, 1.165) is 37.8 Å². The molecule has 1 unspecified atom stereocenters. The molecule has 5 nitrogen and oxygen atoms in total. The van der Waals surface area contributed by atoms with Crippen LogP contribution >= 0.6 is 0 Å². The van der Waals surface area contributed by atoms with Crippen LogP contribution in [0, 0.1) is 0 Å². The SMILES string of the molecule is Nc1c(C(=O)NC2CC=CCC2)n[nH]c1C1CC1. The molecular formula is C13H18N4O. The molecule has 0 radical (unpaired) electrons. The van der Waals surface area contributed by atoms with Gasteiger partial charge in [-0.05, 0) is 32.1 Å². The summed E-state index contributed by atoms with van der Waals surface area (Å²) in [7, 11) is 0. The number of aromatic amines is 1. The molecule has 1 aromatic heterocycles. The first kappa shape index (κ1) is 11.3. The molecule has 0 saturated heterocycles. The van der Waals surface area contributed by atoms with E-state index in [0.29, 0.717) is 17.3 Å². The second-order valence-corrected chi connectivity index (χ2v) is 5.13. The van der Waals surface area contributed by atoms with Gasteiger partial charge in [0.05, 0.1) is 11.4 Å². The molecule has 2 aliphatic rings. The van der Waals surface area contributed by atoms with Crippen LogP contribution in [0.25, 0.3) is 0 Å². The summed E-state index contributed by atoms with van der Waals surface area (Å²) in [5, 5.41) is 9.96. The molecular weight excluding hydrogens is 228 g/mol. The van der Waals surface area contributed by atoms with Gasteiger partial charge >= 0.3 is 0 Å². The molecule has 2 aliphatic carbocycles. The highest BCUT2D eigenvalue weighted by Gasteiger charge is 2.30. The van der Waals surface area contributed by atoms with E-state index in [4.69, 9.17) is 5.73 Å². The van der Waals surface area contributed by atoms with E-state index in [9.17, 15) is 4.79 Å². The number of nitrogens with zero attached hydrogens (tertiary/aromatic N) is 1. The molecule has 3 rings (SSSR count). The van der Waals surface area contributed by atoms with Crippen molar-refractivity contribution in [3.63, 3.8) is 0 Å². The number of carbonyl (C=O) groups excluding carboxylic acids is 1. The van der Waals surface area contributed by atoms with Crippen molar-refractivity contribution >= 4 is 11.6 Å². The van der Waals surface area contributed by atoms with E-state index < -0.39 is 0 Å². The lowest BCUT2D eigenvalue weighted by molar-refractivity contribution is 0.0930. The van der Waals surface area contributed by atoms with E-state index in [1.807, 2.05) is 0 Å². The molecule has 96 valence electrons. The van der Waals surface area contributed by atoms with E-state index in [-0.39, 0.29) is 11.9 Å². The van der Waals surface area contributed by atoms with Gasteiger partial charge in [0.2, 0.25) is 0 Å². The lowest BCUT2D eigenvalue weighted by Crippen LogP contribution is -2.35. The summed E-state index contributed by atoms with van der Waals surface area (Å²) < 4.78 is 0. The Balaban J connectivity index is 1.69. The number of H-pyrrole nitrogens is 1. The van der Waals surface area contributed by atoms with Crippen LogP contribution in [-0.4, -0.2) is 22.1 Å². The number of aromatic nitrogens is 2. The third-order valence-corrected chi connectivity index (χ3v) is 3.64. The van der Waals surface area contributed by atoms with Crippen molar-refractivity contribution in [2.24, 2.45) is 0 Å². The number of hydrogen-bond donors (Lipinski definition) is 3. The maximum atomic E-state index is 12.1. The van der Waals surface area contributed by atoms with Crippen LogP contribution in [-0.2, 0) is 0 Å². The first-order valence-corrected chi connectivity index (χ1v) is 6.55. The van der Waals surface area contributed by atoms with Crippen molar-refractivity contribution in [2.45, 2.75) is 44.1 Å². The number of hydrogen-bond acceptors (Lipinski definition) is 3. The number of anilines is 1. The third-order valence-electron chi connectivity index (χ3n) is 3.64. The number of allylic oxidation sites excluding steroid dienone is 1. The van der Waals surface area contributed by atoms with Crippen LogP contribution in [0.15, 0.2) is 12.2 Å². The topological polar surface area (TPSA) is 83.8 Å². The molecule has 0 aromatic carbocycles. The molecule has 18 heavy (non-hydrogen) atoms. The van der Waals surface area contributed by atoms with Crippen LogP contribution < -0.4 is 11.1 Å². The zero-order valence-corrected chi connectivity index (χ0v) is 10.3. The monoisotopic (exact) mass is 246 g/mol. The van der Waals surface area contributed by atoms with E-state index in [2.05, 4.69) is 27.7 Å². The van der Waals surface area contributed by atoms with Crippen molar-refractivity contribution in [3.8, 4) is 0 Å². The fourth-order valence-electron chi connectivity index (χ4n) is 2.40. The van der Waals surface area contributed by atoms with Gasteiger partial charge in [-0.25, -0.2) is 0 Å². The molecule has 0 aliphatic heterocycles. The van der Waals surface area contributed by atoms with Gasteiger partial charge in [0, 0.05) is 12.0 Å². The molecule has 1 saturated carbocycles. The Morgan fingerprint density at radius 1 is 1.39 bits per heavy atom. The highest BCUT2D eigenvalue weighted by atomic mass is 16.2. The van der Waals surface area contributed by atoms with E-state index in [1.54, 1.807) is 0 Å². The average Bonchev–Trinajstić information content (AvgIpc) is 3.14. The summed E-state index contributed by atoms with van der Waals surface area (Å²) >= 11 is 0. The number of nitrogens with one attached hydrogen (secondary N) is 2. The Hall–Kier alpha value is -1.78. The first-order valence-electron chi connectivity index (χ1n) is 6.55. The Labute approximate surface area is 106 Å².